The predicted octanol–water partition coefficient (Wildman–Crippen LogP) is 2.47. The number of ketones is 1. The van der Waals surface area contributed by atoms with Gasteiger partial charge in [-0.05, 0) is 74.7 Å². The summed E-state index contributed by atoms with van der Waals surface area (Å²) in [5.74, 6) is -7.19. The first-order chi connectivity index (χ1) is 45.0. The van der Waals surface area contributed by atoms with Gasteiger partial charge in [-0.1, -0.05) is 99.1 Å². The lowest BCUT2D eigenvalue weighted by Gasteiger charge is -2.41. The SMILES string of the molecule is CC[C@H](C)[C@@H]([C@@H](CC(=O)N1CCC[C@@H]1[C@H](OC)[C@@H](C)C(=O)N[C@H](C)[C@@H](O)c1ccccc1)OC)N(C)C(=O)[C@@H](NC(=O)[C@H](C(C)C)N(C)C(=O)[C@H](CCCNC(N)=O)NC(=O)[C@@H](NC(=O)CN1CCOCC(C(=O)CCCCN2C(=O)C=CC2=O)COCC1)C(C)C)C(C)C. The van der Waals surface area contributed by atoms with E-state index in [2.05, 4.69) is 26.6 Å². The molecule has 0 spiro atoms. The highest BCUT2D eigenvalue weighted by molar-refractivity contribution is 6.12. The summed E-state index contributed by atoms with van der Waals surface area (Å²) in [5, 5.41) is 25.0. The third-order valence-electron chi connectivity index (χ3n) is 18.5. The summed E-state index contributed by atoms with van der Waals surface area (Å²) in [6, 6.07) is 1.82. The van der Waals surface area contributed by atoms with E-state index in [1.54, 1.807) is 84.4 Å². The first kappa shape index (κ1) is 80.5. The summed E-state index contributed by atoms with van der Waals surface area (Å²) in [6.45, 7) is 19.7. The molecule has 3 heterocycles. The van der Waals surface area contributed by atoms with Crippen LogP contribution in [-0.4, -0.2) is 243 Å². The van der Waals surface area contributed by atoms with Crippen LogP contribution >= 0.6 is 0 Å². The molecule has 1 aromatic rings. The maximum atomic E-state index is 15.0. The van der Waals surface area contributed by atoms with Crippen molar-refractivity contribution in [1.29, 1.82) is 0 Å². The van der Waals surface area contributed by atoms with E-state index in [1.807, 2.05) is 32.0 Å². The predicted molar refractivity (Wildman–Crippen MR) is 355 cm³/mol. The lowest BCUT2D eigenvalue weighted by Crippen LogP contribution is -2.62. The molecule has 3 aliphatic rings. The summed E-state index contributed by atoms with van der Waals surface area (Å²) in [4.78, 5) is 157. The van der Waals surface area contributed by atoms with Crippen LogP contribution in [0.25, 0.3) is 0 Å². The van der Waals surface area contributed by atoms with Crippen molar-refractivity contribution in [2.24, 2.45) is 41.2 Å². The van der Waals surface area contributed by atoms with E-state index in [1.165, 1.54) is 43.2 Å². The van der Waals surface area contributed by atoms with Crippen molar-refractivity contribution in [3.8, 4) is 0 Å². The van der Waals surface area contributed by atoms with Gasteiger partial charge >= 0.3 is 6.03 Å². The zero-order valence-corrected chi connectivity index (χ0v) is 58.6. The number of imide groups is 1. The van der Waals surface area contributed by atoms with Crippen molar-refractivity contribution >= 4 is 65.0 Å². The molecule has 0 unspecified atom stereocenters. The van der Waals surface area contributed by atoms with E-state index in [9.17, 15) is 53.1 Å². The number of aliphatic hydroxyl groups is 1. The van der Waals surface area contributed by atoms with Gasteiger partial charge in [0, 0.05) is 79.6 Å². The number of amides is 11. The molecule has 95 heavy (non-hydrogen) atoms. The Morgan fingerprint density at radius 1 is 0.726 bits per heavy atom. The van der Waals surface area contributed by atoms with Crippen LogP contribution in [-0.2, 0) is 66.9 Å². The highest BCUT2D eigenvalue weighted by Gasteiger charge is 2.45. The molecule has 11 amide bonds. The zero-order chi connectivity index (χ0) is 70.8. The minimum Gasteiger partial charge on any atom is -0.386 e. The van der Waals surface area contributed by atoms with Crippen LogP contribution in [0.15, 0.2) is 42.5 Å². The van der Waals surface area contributed by atoms with Crippen LogP contribution in [0, 0.1) is 35.5 Å². The Labute approximate surface area is 561 Å². The number of urea groups is 1. The average Bonchev–Trinajstić information content (AvgIpc) is 1.79. The molecule has 27 nitrogen and oxygen atoms in total. The van der Waals surface area contributed by atoms with Crippen LogP contribution in [0.4, 0.5) is 4.79 Å². The van der Waals surface area contributed by atoms with Gasteiger partial charge in [-0.15, -0.1) is 0 Å². The highest BCUT2D eigenvalue weighted by Crippen LogP contribution is 2.31. The minimum atomic E-state index is -1.27. The summed E-state index contributed by atoms with van der Waals surface area (Å²) in [7, 11) is 6.06. The number of unbranched alkanes of at least 4 members (excludes halogenated alkanes) is 1. The lowest BCUT2D eigenvalue weighted by molar-refractivity contribution is -0.149. The van der Waals surface area contributed by atoms with Crippen LogP contribution in [0.3, 0.4) is 0 Å². The van der Waals surface area contributed by atoms with Gasteiger partial charge in [-0.2, -0.15) is 0 Å². The number of hydrogen-bond donors (Lipinski definition) is 7. The second kappa shape index (κ2) is 40.0. The molecule has 0 aliphatic carbocycles. The van der Waals surface area contributed by atoms with Crippen LogP contribution in [0.2, 0.25) is 0 Å². The molecule has 2 fully saturated rings. The van der Waals surface area contributed by atoms with Gasteiger partial charge in [0.05, 0.1) is 87.7 Å². The van der Waals surface area contributed by atoms with E-state index in [0.717, 1.165) is 4.90 Å². The van der Waals surface area contributed by atoms with Gasteiger partial charge in [-0.25, -0.2) is 4.79 Å². The number of ether oxygens (including phenoxy) is 4. The van der Waals surface area contributed by atoms with E-state index in [0.29, 0.717) is 57.3 Å². The van der Waals surface area contributed by atoms with Crippen molar-refractivity contribution in [1.82, 2.24) is 51.1 Å². The number of nitrogens with two attached hydrogens (primary N) is 1. The Morgan fingerprint density at radius 2 is 1.35 bits per heavy atom. The maximum absolute atomic E-state index is 15.0. The van der Waals surface area contributed by atoms with Crippen molar-refractivity contribution in [2.75, 3.05) is 94.0 Å². The van der Waals surface area contributed by atoms with Crippen molar-refractivity contribution in [3.63, 3.8) is 0 Å². The van der Waals surface area contributed by atoms with Gasteiger partial charge < -0.3 is 71.1 Å². The fraction of sp³-hybridized carbons (Fsp3) is 0.721. The smallest absolute Gasteiger partial charge is 0.312 e. The van der Waals surface area contributed by atoms with E-state index in [4.69, 9.17) is 24.7 Å². The van der Waals surface area contributed by atoms with Gasteiger partial charge in [0.2, 0.25) is 41.4 Å². The quantitative estimate of drug-likeness (QED) is 0.0372. The summed E-state index contributed by atoms with van der Waals surface area (Å²) in [6.07, 6.45) is 3.09. The van der Waals surface area contributed by atoms with Gasteiger partial charge in [-0.3, -0.25) is 57.7 Å². The molecule has 534 valence electrons. The molecule has 0 saturated carbocycles. The first-order valence-electron chi connectivity index (χ1n) is 33.8. The summed E-state index contributed by atoms with van der Waals surface area (Å²) in [5.41, 5.74) is 6.01. The Balaban J connectivity index is 1.43. The molecule has 12 atom stereocenters. The number of primary amides is 1. The average molecular weight is 1340 g/mol. The van der Waals surface area contributed by atoms with Crippen molar-refractivity contribution in [2.45, 2.75) is 188 Å². The normalized spacial score (nSPS) is 19.4. The summed E-state index contributed by atoms with van der Waals surface area (Å²) < 4.78 is 23.8. The topological polar surface area (TPSA) is 347 Å². The number of likely N-dealkylation sites (N-methyl/N-ethyl adjacent to an activating group) is 2. The molecule has 2 saturated heterocycles. The number of aliphatic hydroxyl groups excluding tert-OH is 1. The third-order valence-corrected chi connectivity index (χ3v) is 18.5. The minimum absolute atomic E-state index is 0.0119. The van der Waals surface area contributed by atoms with Crippen molar-refractivity contribution in [3.05, 3.63) is 48.0 Å². The molecule has 8 N–H and O–H groups in total. The van der Waals surface area contributed by atoms with Crippen LogP contribution < -0.4 is 32.3 Å². The Morgan fingerprint density at radius 3 is 1.91 bits per heavy atom. The maximum Gasteiger partial charge on any atom is 0.312 e. The number of rotatable bonds is 37. The van der Waals surface area contributed by atoms with E-state index in [-0.39, 0.29) is 107 Å². The van der Waals surface area contributed by atoms with E-state index < -0.39 is 126 Å². The Hall–Kier alpha value is -6.91. The Bertz CT molecular complexity index is 2710. The molecule has 1 aromatic carbocycles. The highest BCUT2D eigenvalue weighted by atomic mass is 16.5. The second-order valence-electron chi connectivity index (χ2n) is 26.6. The molecular formula is C68H111N11O16. The molecule has 0 bridgehead atoms. The number of hydrogen-bond acceptors (Lipinski definition) is 17. The number of nitrogens with zero attached hydrogens (tertiary/aromatic N) is 5. The number of Topliss-reactive ketones (excluding diaryl/α,β-unsaturated/α-hetero) is 1. The fourth-order valence-corrected chi connectivity index (χ4v) is 12.7. The number of likely N-dealkylation sites (tertiary alicyclic amines) is 1. The van der Waals surface area contributed by atoms with Crippen molar-refractivity contribution < 1.29 is 76.8 Å². The zero-order valence-electron chi connectivity index (χ0n) is 58.6. The molecular weight excluding hydrogens is 1230 g/mol. The third kappa shape index (κ3) is 24.0. The van der Waals surface area contributed by atoms with Gasteiger partial charge in [0.15, 0.2) is 0 Å². The molecule has 27 heteroatoms. The largest absolute Gasteiger partial charge is 0.386 e. The standard InChI is InChI=1S/C68H111N11O16/c1-15-44(8)60(52(92-13)37-56(84)78-32-22-26-50(78)62(93-14)45(9)63(86)71-46(10)61(85)47-23-17-16-18-24-47)76(12)67(90)58(42(4)5)74-65(88)59(43(6)7)75(11)66(89)49(25-21-30-70-68(69)91)72-64(87)57(41(2)3)73-53(81)38-77-33-35-94-39-48(40-95-36-34-77)51(80)27-19-20-31-79-54(82)28-29-55(79)83/h16-18,23-24,28-29,41-46,48-50,52,57-62,85H,15,19-22,25-27,30-40H2,1-14H3,(H,71,86)(H,72,87)(H,73,81)(H,74,88)(H3,69,70,91)/t44-,45+,46+,49-,50+,52+,57-,58-,59-,60-,61+,62+/m0/s1. The van der Waals surface area contributed by atoms with Gasteiger partial charge in [0.25, 0.3) is 11.8 Å². The fourth-order valence-electron chi connectivity index (χ4n) is 12.7. The van der Waals surface area contributed by atoms with E-state index >= 15 is 4.79 Å². The summed E-state index contributed by atoms with van der Waals surface area (Å²) >= 11 is 0. The Kier molecular flexibility index (Phi) is 33.9. The molecule has 0 radical (unpaired) electrons. The monoisotopic (exact) mass is 1340 g/mol. The number of nitrogens with one attached hydrogen (secondary N) is 5. The molecule has 3 aliphatic heterocycles. The van der Waals surface area contributed by atoms with Crippen LogP contribution in [0.1, 0.15) is 139 Å². The first-order valence-corrected chi connectivity index (χ1v) is 33.8. The molecule has 4 rings (SSSR count). The number of methoxy groups -OCH3 is 2. The molecule has 0 aromatic heterocycles. The number of benzene rings is 1. The van der Waals surface area contributed by atoms with Crippen LogP contribution in [0.5, 0.6) is 0 Å². The lowest BCUT2D eigenvalue weighted by atomic mass is 9.89. The number of carbonyl (C=O) groups excluding carboxylic acids is 11. The second-order valence-corrected chi connectivity index (χ2v) is 26.6. The number of carbonyl (C=O) groups is 11. The van der Waals surface area contributed by atoms with Gasteiger partial charge in [0.1, 0.15) is 30.0 Å².